The Morgan fingerprint density at radius 3 is 2.89 bits per heavy atom. The van der Waals surface area contributed by atoms with Crippen LogP contribution in [0, 0.1) is 5.92 Å². The van der Waals surface area contributed by atoms with E-state index in [1.54, 1.807) is 0 Å². The first-order valence-corrected chi connectivity index (χ1v) is 3.47. The highest BCUT2D eigenvalue weighted by Gasteiger charge is 2.11. The molecule has 1 heterocycles. The molecule has 2 heteroatoms. The molecule has 0 saturated heterocycles. The fraction of sp³-hybridized carbons (Fsp3) is 0.571. The Hall–Kier alpha value is -0.300. The Morgan fingerprint density at radius 2 is 2.44 bits per heavy atom. The van der Waals surface area contributed by atoms with Crippen LogP contribution >= 0.6 is 11.6 Å². The Balaban J connectivity index is 2.74. The van der Waals surface area contributed by atoms with Gasteiger partial charge in [-0.15, -0.1) is 0 Å². The largest absolute Gasteiger partial charge is 0.249 e. The molecule has 0 bridgehead atoms. The Kier molecular flexibility index (Phi) is 1.91. The van der Waals surface area contributed by atoms with Crippen molar-refractivity contribution in [2.45, 2.75) is 20.3 Å². The summed E-state index contributed by atoms with van der Waals surface area (Å²) in [6.07, 6.45) is 2.89. The molecule has 0 spiro atoms. The number of halogens is 1. The maximum Gasteiger partial charge on any atom is 0.109 e. The van der Waals surface area contributed by atoms with E-state index in [2.05, 4.69) is 18.8 Å². The van der Waals surface area contributed by atoms with Crippen LogP contribution in [-0.2, 0) is 0 Å². The van der Waals surface area contributed by atoms with Crippen LogP contribution in [0.3, 0.4) is 0 Å². The van der Waals surface area contributed by atoms with E-state index in [1.807, 2.05) is 6.20 Å². The molecule has 1 rings (SSSR count). The lowest BCUT2D eigenvalue weighted by Crippen LogP contribution is -2.07. The predicted molar refractivity (Wildman–Crippen MR) is 40.8 cm³/mol. The average Bonchev–Trinajstić information content (AvgIpc) is 1.80. The minimum absolute atomic E-state index is 0.427. The van der Waals surface area contributed by atoms with Gasteiger partial charge in [-0.3, -0.25) is 0 Å². The molecule has 0 N–H and O–H groups in total. The van der Waals surface area contributed by atoms with Gasteiger partial charge >= 0.3 is 0 Å². The van der Waals surface area contributed by atoms with Crippen LogP contribution in [0.5, 0.6) is 0 Å². The average molecular weight is 144 g/mol. The van der Waals surface area contributed by atoms with E-state index in [-0.39, 0.29) is 0 Å². The smallest absolute Gasteiger partial charge is 0.109 e. The quantitative estimate of drug-likeness (QED) is 0.494. The van der Waals surface area contributed by atoms with Gasteiger partial charge in [0.05, 0.1) is 0 Å². The fourth-order valence-electron chi connectivity index (χ4n) is 0.919. The number of allylic oxidation sites excluding steroid dienone is 1. The number of nitrogens with zero attached hydrogens (tertiary/aromatic N) is 1. The molecule has 50 valence electrons. The van der Waals surface area contributed by atoms with E-state index in [4.69, 9.17) is 11.6 Å². The highest BCUT2D eigenvalue weighted by atomic mass is 35.5. The summed E-state index contributed by atoms with van der Waals surface area (Å²) in [4.78, 5) is 4.01. The minimum atomic E-state index is 0.427. The summed E-state index contributed by atoms with van der Waals surface area (Å²) in [6, 6.07) is 0. The maximum atomic E-state index is 5.74. The van der Waals surface area contributed by atoms with Crippen molar-refractivity contribution >= 4 is 16.8 Å². The number of hydrogen-bond acceptors (Lipinski definition) is 1. The molecule has 1 aliphatic heterocycles. The number of aliphatic imine (C=N–C) groups is 1. The molecule has 0 aromatic rings. The van der Waals surface area contributed by atoms with Crippen LogP contribution in [0.15, 0.2) is 16.8 Å². The van der Waals surface area contributed by atoms with Crippen molar-refractivity contribution in [1.82, 2.24) is 0 Å². The fourth-order valence-corrected chi connectivity index (χ4v) is 1.04. The molecule has 9 heavy (non-hydrogen) atoms. The van der Waals surface area contributed by atoms with E-state index in [0.717, 1.165) is 11.6 Å². The van der Waals surface area contributed by atoms with Crippen molar-refractivity contribution in [1.29, 1.82) is 0 Å². The Labute approximate surface area is 60.4 Å². The van der Waals surface area contributed by atoms with Gasteiger partial charge in [-0.25, -0.2) is 4.99 Å². The zero-order valence-corrected chi connectivity index (χ0v) is 6.44. The molecule has 1 aliphatic rings. The lowest BCUT2D eigenvalue weighted by atomic mass is 10.0. The molecule has 0 aromatic carbocycles. The van der Waals surface area contributed by atoms with Gasteiger partial charge in [0, 0.05) is 12.1 Å². The normalized spacial score (nSPS) is 27.2. The first-order chi connectivity index (χ1) is 4.20. The van der Waals surface area contributed by atoms with Crippen molar-refractivity contribution in [2.24, 2.45) is 10.9 Å². The molecule has 1 nitrogen and oxygen atoms in total. The standard InChI is InChI=1S/C7H10ClN/c1-5-3-6(2)7(8)9-4-5/h4,6H,3H2,1-2H3. The van der Waals surface area contributed by atoms with Crippen molar-refractivity contribution < 1.29 is 0 Å². The second-order valence-electron chi connectivity index (χ2n) is 2.53. The molecule has 0 aliphatic carbocycles. The molecule has 0 fully saturated rings. The molecular weight excluding hydrogens is 134 g/mol. The van der Waals surface area contributed by atoms with Crippen molar-refractivity contribution in [2.75, 3.05) is 0 Å². The van der Waals surface area contributed by atoms with E-state index in [1.165, 1.54) is 5.57 Å². The molecule has 1 atom stereocenters. The van der Waals surface area contributed by atoms with Crippen LogP contribution in [0.25, 0.3) is 0 Å². The zero-order valence-electron chi connectivity index (χ0n) is 5.69. The van der Waals surface area contributed by atoms with Crippen LogP contribution in [0.2, 0.25) is 0 Å². The SMILES string of the molecule is CC1=CN=C(Cl)C(C)C1. The van der Waals surface area contributed by atoms with Gasteiger partial charge in [-0.1, -0.05) is 24.1 Å². The third-order valence-corrected chi connectivity index (χ3v) is 1.91. The monoisotopic (exact) mass is 143 g/mol. The molecule has 0 saturated carbocycles. The second-order valence-corrected chi connectivity index (χ2v) is 2.92. The maximum absolute atomic E-state index is 5.74. The third kappa shape index (κ3) is 1.55. The van der Waals surface area contributed by atoms with Gasteiger partial charge < -0.3 is 0 Å². The van der Waals surface area contributed by atoms with Crippen LogP contribution < -0.4 is 0 Å². The topological polar surface area (TPSA) is 12.4 Å². The highest BCUT2D eigenvalue weighted by molar-refractivity contribution is 6.66. The van der Waals surface area contributed by atoms with Crippen molar-refractivity contribution in [3.05, 3.63) is 11.8 Å². The lowest BCUT2D eigenvalue weighted by molar-refractivity contribution is 0.753. The van der Waals surface area contributed by atoms with Crippen LogP contribution in [0.1, 0.15) is 20.3 Å². The summed E-state index contributed by atoms with van der Waals surface area (Å²) in [5, 5.41) is 0.737. The molecule has 0 aromatic heterocycles. The Bertz CT molecular complexity index is 170. The van der Waals surface area contributed by atoms with E-state index in [0.29, 0.717) is 5.92 Å². The highest BCUT2D eigenvalue weighted by Crippen LogP contribution is 2.19. The number of hydrogen-bond donors (Lipinski definition) is 0. The summed E-state index contributed by atoms with van der Waals surface area (Å²) in [5.41, 5.74) is 1.31. The first-order valence-electron chi connectivity index (χ1n) is 3.09. The minimum Gasteiger partial charge on any atom is -0.249 e. The molecular formula is C7H10ClN. The van der Waals surface area contributed by atoms with E-state index in [9.17, 15) is 0 Å². The summed E-state index contributed by atoms with van der Waals surface area (Å²) in [6.45, 7) is 4.16. The van der Waals surface area contributed by atoms with Crippen LogP contribution in [0.4, 0.5) is 0 Å². The predicted octanol–water partition coefficient (Wildman–Crippen LogP) is 2.57. The van der Waals surface area contributed by atoms with Gasteiger partial charge in [0.15, 0.2) is 0 Å². The van der Waals surface area contributed by atoms with Gasteiger partial charge in [0.2, 0.25) is 0 Å². The summed E-state index contributed by atoms with van der Waals surface area (Å²) >= 11 is 5.74. The Morgan fingerprint density at radius 1 is 1.78 bits per heavy atom. The molecule has 0 amide bonds. The van der Waals surface area contributed by atoms with E-state index < -0.39 is 0 Å². The van der Waals surface area contributed by atoms with Crippen molar-refractivity contribution in [3.63, 3.8) is 0 Å². The van der Waals surface area contributed by atoms with Gasteiger partial charge in [-0.2, -0.15) is 0 Å². The molecule has 0 radical (unpaired) electrons. The van der Waals surface area contributed by atoms with Gasteiger partial charge in [0.25, 0.3) is 0 Å². The number of rotatable bonds is 0. The first kappa shape index (κ1) is 6.81. The van der Waals surface area contributed by atoms with Gasteiger partial charge in [0.1, 0.15) is 5.17 Å². The van der Waals surface area contributed by atoms with Crippen molar-refractivity contribution in [3.8, 4) is 0 Å². The second kappa shape index (κ2) is 2.53. The van der Waals surface area contributed by atoms with E-state index >= 15 is 0 Å². The lowest BCUT2D eigenvalue weighted by Gasteiger charge is -2.12. The van der Waals surface area contributed by atoms with Gasteiger partial charge in [-0.05, 0) is 13.3 Å². The third-order valence-electron chi connectivity index (χ3n) is 1.44. The zero-order chi connectivity index (χ0) is 6.85. The summed E-state index contributed by atoms with van der Waals surface area (Å²) in [7, 11) is 0. The summed E-state index contributed by atoms with van der Waals surface area (Å²) in [5.74, 6) is 0.427. The molecule has 1 unspecified atom stereocenters. The summed E-state index contributed by atoms with van der Waals surface area (Å²) < 4.78 is 0. The van der Waals surface area contributed by atoms with Crippen LogP contribution in [-0.4, -0.2) is 5.17 Å².